The van der Waals surface area contributed by atoms with Gasteiger partial charge in [-0.3, -0.25) is 0 Å². The molecule has 5 heteroatoms. The molecule has 0 amide bonds. The molecule has 0 aliphatic heterocycles. The topological polar surface area (TPSA) is 46.2 Å². The lowest BCUT2D eigenvalue weighted by Gasteiger charge is -2.10. The van der Waals surface area contributed by atoms with Crippen molar-refractivity contribution in [3.63, 3.8) is 0 Å². The molecule has 14 heavy (non-hydrogen) atoms. The minimum absolute atomic E-state index is 0. The van der Waals surface area contributed by atoms with Crippen LogP contribution in [0.1, 0.15) is 11.6 Å². The first kappa shape index (κ1) is 12.9. The van der Waals surface area contributed by atoms with Crippen molar-refractivity contribution in [2.75, 3.05) is 0 Å². The quantitative estimate of drug-likeness (QED) is 0.753. The van der Waals surface area contributed by atoms with E-state index in [4.69, 9.17) is 10.8 Å². The van der Waals surface area contributed by atoms with Gasteiger partial charge in [0.05, 0.1) is 11.6 Å². The highest BCUT2D eigenvalue weighted by Gasteiger charge is 2.16. The number of phenolic OH excluding ortho intramolecular Hbond substituents is 1. The second-order valence-electron chi connectivity index (χ2n) is 2.55. The van der Waals surface area contributed by atoms with Crippen LogP contribution < -0.4 is 5.73 Å². The summed E-state index contributed by atoms with van der Waals surface area (Å²) in [6, 6.07) is 0.841. The predicted octanol–water partition coefficient (Wildman–Crippen LogP) is 2.28. The summed E-state index contributed by atoms with van der Waals surface area (Å²) in [5.41, 5.74) is 5.11. The lowest BCUT2D eigenvalue weighted by Crippen LogP contribution is -2.09. The van der Waals surface area contributed by atoms with E-state index in [0.717, 1.165) is 12.1 Å². The van der Waals surface area contributed by atoms with E-state index in [9.17, 15) is 8.78 Å². The molecule has 0 saturated heterocycles. The van der Waals surface area contributed by atoms with Gasteiger partial charge < -0.3 is 10.8 Å². The number of rotatable bonds is 2. The van der Waals surface area contributed by atoms with Crippen LogP contribution in [0.25, 0.3) is 0 Å². The van der Waals surface area contributed by atoms with Crippen LogP contribution in [0.4, 0.5) is 8.78 Å². The van der Waals surface area contributed by atoms with E-state index in [1.54, 1.807) is 0 Å². The van der Waals surface area contributed by atoms with Crippen LogP contribution in [0.3, 0.4) is 0 Å². The minimum atomic E-state index is -0.907. The van der Waals surface area contributed by atoms with Gasteiger partial charge in [-0.05, 0) is 12.1 Å². The zero-order valence-electron chi connectivity index (χ0n) is 7.21. The van der Waals surface area contributed by atoms with Gasteiger partial charge in [0.25, 0.3) is 0 Å². The van der Waals surface area contributed by atoms with Crippen molar-refractivity contribution in [3.8, 4) is 5.75 Å². The molecule has 1 aromatic carbocycles. The molecule has 1 aromatic rings. The van der Waals surface area contributed by atoms with Gasteiger partial charge in [0.15, 0.2) is 11.6 Å². The Balaban J connectivity index is 0.00000169. The van der Waals surface area contributed by atoms with E-state index < -0.39 is 23.4 Å². The van der Waals surface area contributed by atoms with Gasteiger partial charge in [-0.15, -0.1) is 19.0 Å². The Kier molecular flexibility index (Phi) is 4.53. The van der Waals surface area contributed by atoms with Gasteiger partial charge >= 0.3 is 0 Å². The first-order chi connectivity index (χ1) is 6.07. The van der Waals surface area contributed by atoms with Crippen LogP contribution in [-0.2, 0) is 0 Å². The third-order valence-electron chi connectivity index (χ3n) is 1.70. The van der Waals surface area contributed by atoms with Gasteiger partial charge in [-0.1, -0.05) is 6.08 Å². The Hall–Kier alpha value is -1.13. The second-order valence-corrected chi connectivity index (χ2v) is 2.55. The summed E-state index contributed by atoms with van der Waals surface area (Å²) < 4.78 is 25.8. The summed E-state index contributed by atoms with van der Waals surface area (Å²) in [6.45, 7) is 3.32. The molecule has 78 valence electrons. The fourth-order valence-electron chi connectivity index (χ4n) is 0.992. The molecule has 0 fully saturated rings. The smallest absolute Gasteiger partial charge is 0.165 e. The number of halogens is 3. The molecule has 0 bridgehead atoms. The van der Waals surface area contributed by atoms with Crippen molar-refractivity contribution in [2.24, 2.45) is 5.73 Å². The summed E-state index contributed by atoms with van der Waals surface area (Å²) in [5, 5.41) is 9.14. The van der Waals surface area contributed by atoms with E-state index >= 15 is 0 Å². The molecule has 0 aliphatic carbocycles. The van der Waals surface area contributed by atoms with Crippen molar-refractivity contribution in [2.45, 2.75) is 6.04 Å². The monoisotopic (exact) mass is 221 g/mol. The fourth-order valence-corrected chi connectivity index (χ4v) is 0.992. The summed E-state index contributed by atoms with van der Waals surface area (Å²) >= 11 is 0. The van der Waals surface area contributed by atoms with Crippen LogP contribution in [0, 0.1) is 11.6 Å². The van der Waals surface area contributed by atoms with Crippen molar-refractivity contribution >= 4 is 12.4 Å². The summed E-state index contributed by atoms with van der Waals surface area (Å²) in [4.78, 5) is 0. The van der Waals surface area contributed by atoms with Gasteiger partial charge in [0, 0.05) is 0 Å². The predicted molar refractivity (Wildman–Crippen MR) is 52.4 cm³/mol. The molecule has 0 aliphatic rings. The number of benzene rings is 1. The maximum Gasteiger partial charge on any atom is 0.165 e. The molecule has 0 aromatic heterocycles. The van der Waals surface area contributed by atoms with E-state index in [1.807, 2.05) is 0 Å². The maximum absolute atomic E-state index is 13.0. The Morgan fingerprint density at radius 1 is 1.36 bits per heavy atom. The molecule has 0 unspecified atom stereocenters. The largest absolute Gasteiger partial charge is 0.505 e. The highest BCUT2D eigenvalue weighted by molar-refractivity contribution is 5.85. The van der Waals surface area contributed by atoms with Crippen LogP contribution in [0.5, 0.6) is 5.75 Å². The van der Waals surface area contributed by atoms with Crippen LogP contribution in [0.2, 0.25) is 0 Å². The highest BCUT2D eigenvalue weighted by atomic mass is 35.5. The molecule has 1 atom stereocenters. The Morgan fingerprint density at radius 3 is 2.36 bits per heavy atom. The Labute approximate surface area is 86.5 Å². The first-order valence-corrected chi connectivity index (χ1v) is 3.63. The van der Waals surface area contributed by atoms with Crippen LogP contribution in [-0.4, -0.2) is 5.11 Å². The fraction of sp³-hybridized carbons (Fsp3) is 0.111. The Morgan fingerprint density at radius 2 is 1.86 bits per heavy atom. The number of nitrogens with two attached hydrogens (primary N) is 1. The standard InChI is InChI=1S/C9H9F2NO.ClH/c1-2-7(12)8-5(10)3-4-6(11)9(8)13;/h2-4,7,13H,1,12H2;1H/t7-;/m1./s1. The molecule has 0 spiro atoms. The number of hydrogen-bond donors (Lipinski definition) is 2. The summed E-state index contributed by atoms with van der Waals surface area (Å²) in [7, 11) is 0. The van der Waals surface area contributed by atoms with E-state index in [2.05, 4.69) is 6.58 Å². The van der Waals surface area contributed by atoms with Crippen LogP contribution in [0.15, 0.2) is 24.8 Å². The molecule has 2 nitrogen and oxygen atoms in total. The summed E-state index contributed by atoms with van der Waals surface area (Å²) in [6.07, 6.45) is 1.22. The van der Waals surface area contributed by atoms with Gasteiger partial charge in [-0.2, -0.15) is 0 Å². The number of phenols is 1. The Bertz CT molecular complexity index is 344. The van der Waals surface area contributed by atoms with E-state index in [1.165, 1.54) is 6.08 Å². The molecule has 1 rings (SSSR count). The van der Waals surface area contributed by atoms with Crippen molar-refractivity contribution < 1.29 is 13.9 Å². The normalized spacial score (nSPS) is 11.6. The minimum Gasteiger partial charge on any atom is -0.505 e. The third-order valence-corrected chi connectivity index (χ3v) is 1.70. The average Bonchev–Trinajstić information content (AvgIpc) is 2.12. The SMILES string of the molecule is C=C[C@@H](N)c1c(F)ccc(F)c1O.Cl. The lowest BCUT2D eigenvalue weighted by molar-refractivity contribution is 0.415. The van der Waals surface area contributed by atoms with Gasteiger partial charge in [-0.25, -0.2) is 8.78 Å². The van der Waals surface area contributed by atoms with Crippen molar-refractivity contribution in [3.05, 3.63) is 42.0 Å². The van der Waals surface area contributed by atoms with Crippen LogP contribution >= 0.6 is 12.4 Å². The zero-order chi connectivity index (χ0) is 10.0. The lowest BCUT2D eigenvalue weighted by atomic mass is 10.1. The van der Waals surface area contributed by atoms with Crippen molar-refractivity contribution in [1.82, 2.24) is 0 Å². The highest BCUT2D eigenvalue weighted by Crippen LogP contribution is 2.28. The van der Waals surface area contributed by atoms with Gasteiger partial charge in [0.2, 0.25) is 0 Å². The molecule has 3 N–H and O–H groups in total. The number of aromatic hydroxyl groups is 1. The average molecular weight is 222 g/mol. The molecule has 0 saturated carbocycles. The van der Waals surface area contributed by atoms with E-state index in [0.29, 0.717) is 0 Å². The molecule has 0 radical (unpaired) electrons. The second kappa shape index (κ2) is 4.93. The number of hydrogen-bond acceptors (Lipinski definition) is 2. The zero-order valence-corrected chi connectivity index (χ0v) is 8.02. The summed E-state index contributed by atoms with van der Waals surface area (Å²) in [5.74, 6) is -2.40. The molecular formula is C9H10ClF2NO. The molecule has 0 heterocycles. The first-order valence-electron chi connectivity index (χ1n) is 3.63. The van der Waals surface area contributed by atoms with Gasteiger partial charge in [0.1, 0.15) is 5.82 Å². The van der Waals surface area contributed by atoms with E-state index in [-0.39, 0.29) is 18.0 Å². The molecular weight excluding hydrogens is 212 g/mol. The maximum atomic E-state index is 13.0. The van der Waals surface area contributed by atoms with Crippen molar-refractivity contribution in [1.29, 1.82) is 0 Å². The third kappa shape index (κ3) is 2.21.